The maximum Gasteiger partial charge on any atom is 0.255 e. The largest absolute Gasteiger partial charge is 0.496 e. The number of rotatable bonds is 4. The molecule has 0 spiro atoms. The summed E-state index contributed by atoms with van der Waals surface area (Å²) in [6, 6.07) is 4.46. The van der Waals surface area contributed by atoms with E-state index in [1.807, 2.05) is 0 Å². The molecule has 2 fully saturated rings. The van der Waals surface area contributed by atoms with E-state index in [0.717, 1.165) is 29.1 Å². The van der Waals surface area contributed by atoms with Crippen molar-refractivity contribution in [3.63, 3.8) is 0 Å². The molecular formula is C15H18ClIN2O2. The Morgan fingerprint density at radius 2 is 2.19 bits per heavy atom. The first-order valence-corrected chi connectivity index (χ1v) is 8.62. The van der Waals surface area contributed by atoms with Crippen LogP contribution in [0.15, 0.2) is 12.1 Å². The second-order valence-electron chi connectivity index (χ2n) is 5.65. The molecule has 6 heteroatoms. The Hall–Kier alpha value is -0.530. The minimum Gasteiger partial charge on any atom is -0.496 e. The summed E-state index contributed by atoms with van der Waals surface area (Å²) in [5.74, 6) is 0.464. The molecule has 4 nitrogen and oxygen atoms in total. The Labute approximate surface area is 143 Å². The van der Waals surface area contributed by atoms with E-state index in [1.165, 1.54) is 12.8 Å². The van der Waals surface area contributed by atoms with Gasteiger partial charge in [-0.3, -0.25) is 9.69 Å². The Morgan fingerprint density at radius 3 is 2.86 bits per heavy atom. The van der Waals surface area contributed by atoms with Gasteiger partial charge in [0, 0.05) is 28.7 Å². The van der Waals surface area contributed by atoms with Gasteiger partial charge in [-0.1, -0.05) is 11.6 Å². The summed E-state index contributed by atoms with van der Waals surface area (Å²) in [5.41, 5.74) is 0.507. The Balaban J connectivity index is 1.69. The number of hydrogen-bond acceptors (Lipinski definition) is 3. The molecule has 1 aromatic rings. The highest BCUT2D eigenvalue weighted by atomic mass is 127. The second kappa shape index (κ2) is 6.30. The summed E-state index contributed by atoms with van der Waals surface area (Å²) in [4.78, 5) is 14.9. The summed E-state index contributed by atoms with van der Waals surface area (Å²) in [5, 5.41) is 3.68. The van der Waals surface area contributed by atoms with Crippen molar-refractivity contribution in [1.29, 1.82) is 0 Å². The van der Waals surface area contributed by atoms with Crippen LogP contribution in [0.2, 0.25) is 5.02 Å². The number of benzene rings is 1. The molecule has 3 rings (SSSR count). The van der Waals surface area contributed by atoms with Gasteiger partial charge in [0.1, 0.15) is 5.75 Å². The summed E-state index contributed by atoms with van der Waals surface area (Å²) in [6.07, 6.45) is 3.63. The molecular weight excluding hydrogens is 403 g/mol. The first-order valence-electron chi connectivity index (χ1n) is 7.16. The summed E-state index contributed by atoms with van der Waals surface area (Å²) < 4.78 is 6.18. The molecule has 1 aliphatic heterocycles. The number of hydrogen-bond donors (Lipinski definition) is 1. The van der Waals surface area contributed by atoms with Crippen LogP contribution in [0.1, 0.15) is 29.6 Å². The zero-order valence-corrected chi connectivity index (χ0v) is 14.8. The quantitative estimate of drug-likeness (QED) is 0.762. The fourth-order valence-electron chi connectivity index (χ4n) is 2.81. The van der Waals surface area contributed by atoms with Crippen LogP contribution in [0.25, 0.3) is 0 Å². The first-order chi connectivity index (χ1) is 10.1. The third kappa shape index (κ3) is 3.46. The van der Waals surface area contributed by atoms with E-state index < -0.39 is 0 Å². The minimum atomic E-state index is -0.104. The molecule has 0 aromatic heterocycles. The number of carbonyl (C=O) groups excluding carboxylic acids is 1. The minimum absolute atomic E-state index is 0.104. The van der Waals surface area contributed by atoms with Crippen LogP contribution in [0.4, 0.5) is 0 Å². The van der Waals surface area contributed by atoms with E-state index in [1.54, 1.807) is 19.2 Å². The van der Waals surface area contributed by atoms with Crippen LogP contribution in [0, 0.1) is 3.57 Å². The summed E-state index contributed by atoms with van der Waals surface area (Å²) >= 11 is 8.26. The number of ether oxygens (including phenoxy) is 1. The maximum absolute atomic E-state index is 12.5. The zero-order chi connectivity index (χ0) is 15.0. The van der Waals surface area contributed by atoms with Crippen LogP contribution < -0.4 is 10.1 Å². The number of amides is 1. The molecule has 114 valence electrons. The number of likely N-dealkylation sites (tertiary alicyclic amines) is 1. The fourth-order valence-corrected chi connectivity index (χ4v) is 3.42. The number of methoxy groups -OCH3 is 1. The van der Waals surface area contributed by atoms with Crippen LogP contribution in [-0.2, 0) is 0 Å². The van der Waals surface area contributed by atoms with Gasteiger partial charge in [-0.2, -0.15) is 0 Å². The third-order valence-electron chi connectivity index (χ3n) is 4.11. The highest BCUT2D eigenvalue weighted by Gasteiger charge is 2.35. The normalized spacial score (nSPS) is 22.3. The van der Waals surface area contributed by atoms with Crippen molar-refractivity contribution in [3.05, 3.63) is 26.3 Å². The van der Waals surface area contributed by atoms with E-state index in [0.29, 0.717) is 16.3 Å². The lowest BCUT2D eigenvalue weighted by Crippen LogP contribution is -2.37. The Kier molecular flexibility index (Phi) is 4.61. The molecule has 21 heavy (non-hydrogen) atoms. The number of nitrogens with one attached hydrogen (secondary N) is 1. The van der Waals surface area contributed by atoms with Crippen LogP contribution in [0.3, 0.4) is 0 Å². The van der Waals surface area contributed by atoms with Crippen LogP contribution in [-0.4, -0.2) is 43.1 Å². The molecule has 1 heterocycles. The van der Waals surface area contributed by atoms with Gasteiger partial charge < -0.3 is 10.1 Å². The summed E-state index contributed by atoms with van der Waals surface area (Å²) in [7, 11) is 1.57. The smallest absolute Gasteiger partial charge is 0.255 e. The lowest BCUT2D eigenvalue weighted by Gasteiger charge is -2.17. The molecule has 1 saturated heterocycles. The lowest BCUT2D eigenvalue weighted by atomic mass is 10.1. The van der Waals surface area contributed by atoms with Gasteiger partial charge in [0.25, 0.3) is 5.91 Å². The fraction of sp³-hybridized carbons (Fsp3) is 0.533. The van der Waals surface area contributed by atoms with Gasteiger partial charge in [-0.05, 0) is 54.0 Å². The summed E-state index contributed by atoms with van der Waals surface area (Å²) in [6.45, 7) is 2.04. The molecule has 1 N–H and O–H groups in total. The van der Waals surface area contributed by atoms with E-state index in [4.69, 9.17) is 16.3 Å². The standard InChI is InChI=1S/C15H18ClIN2O2/c1-21-14-7-13(17)12(16)6-11(14)15(20)18-9-4-5-19(8-9)10-2-3-10/h6-7,9-10H,2-5,8H2,1H3,(H,18,20). The van der Waals surface area contributed by atoms with Crippen molar-refractivity contribution in [2.24, 2.45) is 0 Å². The van der Waals surface area contributed by atoms with Gasteiger partial charge in [-0.25, -0.2) is 0 Å². The zero-order valence-electron chi connectivity index (χ0n) is 11.9. The first kappa shape index (κ1) is 15.4. The van der Waals surface area contributed by atoms with Crippen molar-refractivity contribution in [2.75, 3.05) is 20.2 Å². The van der Waals surface area contributed by atoms with E-state index in [-0.39, 0.29) is 11.9 Å². The molecule has 1 atom stereocenters. The van der Waals surface area contributed by atoms with Crippen molar-refractivity contribution >= 4 is 40.1 Å². The van der Waals surface area contributed by atoms with E-state index >= 15 is 0 Å². The van der Waals surface area contributed by atoms with E-state index in [2.05, 4.69) is 32.8 Å². The highest BCUT2D eigenvalue weighted by Crippen LogP contribution is 2.31. The molecule has 1 amide bonds. The molecule has 1 unspecified atom stereocenters. The van der Waals surface area contributed by atoms with Crippen LogP contribution in [0.5, 0.6) is 5.75 Å². The monoisotopic (exact) mass is 420 g/mol. The molecule has 0 bridgehead atoms. The molecule has 0 radical (unpaired) electrons. The average molecular weight is 421 g/mol. The molecule has 1 aromatic carbocycles. The van der Waals surface area contributed by atoms with Crippen molar-refractivity contribution < 1.29 is 9.53 Å². The van der Waals surface area contributed by atoms with Crippen molar-refractivity contribution in [2.45, 2.75) is 31.3 Å². The van der Waals surface area contributed by atoms with E-state index in [9.17, 15) is 4.79 Å². The van der Waals surface area contributed by atoms with Gasteiger partial charge in [-0.15, -0.1) is 0 Å². The molecule has 1 aliphatic carbocycles. The lowest BCUT2D eigenvalue weighted by molar-refractivity contribution is 0.0934. The predicted molar refractivity (Wildman–Crippen MR) is 91.2 cm³/mol. The topological polar surface area (TPSA) is 41.6 Å². The average Bonchev–Trinajstić information content (AvgIpc) is 3.22. The van der Waals surface area contributed by atoms with Gasteiger partial charge in [0.15, 0.2) is 0 Å². The van der Waals surface area contributed by atoms with Gasteiger partial charge in [0.2, 0.25) is 0 Å². The van der Waals surface area contributed by atoms with Gasteiger partial charge >= 0.3 is 0 Å². The van der Waals surface area contributed by atoms with Gasteiger partial charge in [0.05, 0.1) is 17.7 Å². The second-order valence-corrected chi connectivity index (χ2v) is 7.22. The predicted octanol–water partition coefficient (Wildman–Crippen LogP) is 2.92. The molecule has 1 saturated carbocycles. The Morgan fingerprint density at radius 1 is 1.43 bits per heavy atom. The number of halogens is 2. The third-order valence-corrected chi connectivity index (χ3v) is 5.63. The molecule has 2 aliphatic rings. The SMILES string of the molecule is COc1cc(I)c(Cl)cc1C(=O)NC1CCN(C2CC2)C1. The highest BCUT2D eigenvalue weighted by molar-refractivity contribution is 14.1. The van der Waals surface area contributed by atoms with Crippen LogP contribution >= 0.6 is 34.2 Å². The van der Waals surface area contributed by atoms with Crippen molar-refractivity contribution in [3.8, 4) is 5.75 Å². The number of nitrogens with zero attached hydrogens (tertiary/aromatic N) is 1. The Bertz CT molecular complexity index is 563. The number of carbonyl (C=O) groups is 1. The van der Waals surface area contributed by atoms with Crippen molar-refractivity contribution in [1.82, 2.24) is 10.2 Å². The maximum atomic E-state index is 12.5.